The topological polar surface area (TPSA) is 71.4 Å². The first-order valence-electron chi connectivity index (χ1n) is 8.46. The average Bonchev–Trinajstić information content (AvgIpc) is 2.57. The Bertz CT molecular complexity index is 558. The number of hydrogen-bond acceptors (Lipinski definition) is 3. The van der Waals surface area contributed by atoms with E-state index in [0.717, 1.165) is 30.1 Å². The largest absolute Gasteiger partial charge is 0.306 e. The van der Waals surface area contributed by atoms with Gasteiger partial charge in [-0.15, -0.1) is 0 Å². The van der Waals surface area contributed by atoms with E-state index in [9.17, 15) is 18.4 Å². The normalized spacial score (nSPS) is 18.3. The summed E-state index contributed by atoms with van der Waals surface area (Å²) in [5.41, 5.74) is 2.09. The molecular formula is C20H30O4S. The van der Waals surface area contributed by atoms with E-state index in [2.05, 4.69) is 0 Å². The van der Waals surface area contributed by atoms with Gasteiger partial charge in [-0.3, -0.25) is 0 Å². The van der Waals surface area contributed by atoms with Gasteiger partial charge < -0.3 is 14.1 Å². The Labute approximate surface area is 154 Å². The van der Waals surface area contributed by atoms with Gasteiger partial charge in [-0.2, -0.15) is 0 Å². The number of carbonyl (C=O) groups excluding carboxylic acids is 2. The molecule has 4 unspecified atom stereocenters. The summed E-state index contributed by atoms with van der Waals surface area (Å²) in [6, 6.07) is 0. The van der Waals surface area contributed by atoms with Gasteiger partial charge in [0.1, 0.15) is 12.6 Å². The van der Waals surface area contributed by atoms with Gasteiger partial charge in [-0.1, -0.05) is 61.4 Å². The fourth-order valence-electron chi connectivity index (χ4n) is 2.02. The third kappa shape index (κ3) is 12.4. The van der Waals surface area contributed by atoms with Crippen LogP contribution in [0.4, 0.5) is 0 Å². The van der Waals surface area contributed by atoms with E-state index in [1.165, 1.54) is 0 Å². The van der Waals surface area contributed by atoms with Crippen LogP contribution >= 0.6 is 0 Å². The third-order valence-corrected chi connectivity index (χ3v) is 4.46. The lowest BCUT2D eigenvalue weighted by atomic mass is 10.1. The summed E-state index contributed by atoms with van der Waals surface area (Å²) in [5, 5.41) is -0.454. The predicted octanol–water partition coefficient (Wildman–Crippen LogP) is 4.42. The van der Waals surface area contributed by atoms with Crippen molar-refractivity contribution in [3.05, 3.63) is 47.6 Å². The van der Waals surface area contributed by atoms with Crippen molar-refractivity contribution < 1.29 is 18.4 Å². The van der Waals surface area contributed by atoms with Crippen molar-refractivity contribution >= 4 is 23.7 Å². The molecule has 0 heterocycles. The lowest BCUT2D eigenvalue weighted by Crippen LogP contribution is -2.11. The van der Waals surface area contributed by atoms with Crippen molar-refractivity contribution in [1.29, 1.82) is 0 Å². The summed E-state index contributed by atoms with van der Waals surface area (Å²) >= 11 is -1.94. The lowest BCUT2D eigenvalue weighted by Gasteiger charge is -2.08. The maximum Gasteiger partial charge on any atom is 0.160 e. The minimum Gasteiger partial charge on any atom is -0.306 e. The van der Waals surface area contributed by atoms with E-state index in [1.54, 1.807) is 0 Å². The molecule has 0 bridgehead atoms. The predicted molar refractivity (Wildman–Crippen MR) is 105 cm³/mol. The maximum absolute atomic E-state index is 11.5. The number of rotatable bonds is 12. The summed E-state index contributed by atoms with van der Waals surface area (Å²) in [7, 11) is 0. The standard InChI is InChI=1S/C20H30O4S/c1-16(7-5-9-18(3)14-21)11-12-20(25(23)24)13-17(2)8-6-10-19(4)15-22/h5-6,9-11,13-15,18-20H,7-8,12H2,1-4H3,(H,23,24)/b9-5+,10-6+,16-11?,17-13?. The van der Waals surface area contributed by atoms with E-state index < -0.39 is 16.3 Å². The molecule has 0 aromatic rings. The zero-order chi connectivity index (χ0) is 19.2. The summed E-state index contributed by atoms with van der Waals surface area (Å²) in [4.78, 5) is 21.1. The van der Waals surface area contributed by atoms with Gasteiger partial charge in [0.15, 0.2) is 11.1 Å². The van der Waals surface area contributed by atoms with Crippen LogP contribution < -0.4 is 0 Å². The highest BCUT2D eigenvalue weighted by Crippen LogP contribution is 2.13. The lowest BCUT2D eigenvalue weighted by molar-refractivity contribution is -0.110. The molecule has 1 N–H and O–H groups in total. The Hall–Kier alpha value is -1.59. The number of carbonyl (C=O) groups is 2. The first-order chi connectivity index (χ1) is 11.8. The fourth-order valence-corrected chi connectivity index (χ4v) is 2.63. The van der Waals surface area contributed by atoms with Crippen molar-refractivity contribution in [2.45, 2.75) is 52.2 Å². The summed E-state index contributed by atoms with van der Waals surface area (Å²) in [5.74, 6) is -0.206. The minimum absolute atomic E-state index is 0.0916. The van der Waals surface area contributed by atoms with Gasteiger partial charge in [-0.05, 0) is 33.1 Å². The van der Waals surface area contributed by atoms with Crippen LogP contribution in [0.5, 0.6) is 0 Å². The van der Waals surface area contributed by atoms with Crippen molar-refractivity contribution in [2.75, 3.05) is 0 Å². The van der Waals surface area contributed by atoms with Crippen LogP contribution in [-0.4, -0.2) is 26.6 Å². The zero-order valence-corrected chi connectivity index (χ0v) is 16.4. The maximum atomic E-state index is 11.5. The minimum atomic E-state index is -1.94. The molecule has 0 amide bonds. The van der Waals surface area contributed by atoms with Gasteiger partial charge in [0, 0.05) is 11.8 Å². The summed E-state index contributed by atoms with van der Waals surface area (Å²) in [6.07, 6.45) is 14.9. The van der Waals surface area contributed by atoms with Crippen LogP contribution in [0.15, 0.2) is 47.6 Å². The van der Waals surface area contributed by atoms with Crippen LogP contribution in [0, 0.1) is 11.8 Å². The highest BCUT2D eigenvalue weighted by Gasteiger charge is 2.11. The van der Waals surface area contributed by atoms with E-state index in [-0.39, 0.29) is 11.8 Å². The number of allylic oxidation sites excluding steroid dienone is 7. The highest BCUT2D eigenvalue weighted by atomic mass is 32.2. The van der Waals surface area contributed by atoms with Crippen molar-refractivity contribution in [2.24, 2.45) is 11.8 Å². The molecule has 0 aliphatic carbocycles. The molecule has 0 aromatic carbocycles. The second-order valence-electron chi connectivity index (χ2n) is 6.37. The van der Waals surface area contributed by atoms with Gasteiger partial charge in [0.25, 0.3) is 0 Å². The second-order valence-corrected chi connectivity index (χ2v) is 7.53. The van der Waals surface area contributed by atoms with E-state index >= 15 is 0 Å². The van der Waals surface area contributed by atoms with Crippen LogP contribution in [0.25, 0.3) is 0 Å². The Morgan fingerprint density at radius 1 is 0.960 bits per heavy atom. The van der Waals surface area contributed by atoms with Gasteiger partial charge in [-0.25, -0.2) is 4.21 Å². The Kier molecular flexibility index (Phi) is 12.8. The fraction of sp³-hybridized carbons (Fsp3) is 0.500. The van der Waals surface area contributed by atoms with E-state index in [4.69, 9.17) is 0 Å². The third-order valence-electron chi connectivity index (χ3n) is 3.62. The molecule has 0 spiro atoms. The molecule has 0 rings (SSSR count). The summed E-state index contributed by atoms with van der Waals surface area (Å²) in [6.45, 7) is 7.51. The molecule has 140 valence electrons. The average molecular weight is 367 g/mol. The van der Waals surface area contributed by atoms with Crippen LogP contribution in [0.3, 0.4) is 0 Å². The molecule has 0 saturated carbocycles. The molecule has 0 fully saturated rings. The highest BCUT2D eigenvalue weighted by molar-refractivity contribution is 7.80. The summed E-state index contributed by atoms with van der Waals surface area (Å²) < 4.78 is 21.0. The monoisotopic (exact) mass is 366 g/mol. The molecule has 0 aliphatic rings. The quantitative estimate of drug-likeness (QED) is 0.315. The first kappa shape index (κ1) is 23.4. The van der Waals surface area contributed by atoms with Gasteiger partial charge in [0.05, 0.1) is 5.25 Å². The molecule has 4 nitrogen and oxygen atoms in total. The van der Waals surface area contributed by atoms with Gasteiger partial charge >= 0.3 is 0 Å². The van der Waals surface area contributed by atoms with E-state index in [0.29, 0.717) is 12.8 Å². The smallest absolute Gasteiger partial charge is 0.160 e. The molecular weight excluding hydrogens is 336 g/mol. The Balaban J connectivity index is 4.71. The van der Waals surface area contributed by atoms with E-state index in [1.807, 2.05) is 64.2 Å². The molecule has 5 heteroatoms. The SMILES string of the molecule is CC(=CCC(C=C(C)C/C=C/C(C)C=O)S(=O)O)C/C=C/C(C)C=O. The van der Waals surface area contributed by atoms with Crippen molar-refractivity contribution in [3.8, 4) is 0 Å². The Morgan fingerprint density at radius 3 is 1.88 bits per heavy atom. The van der Waals surface area contributed by atoms with Crippen LogP contribution in [0.1, 0.15) is 47.0 Å². The van der Waals surface area contributed by atoms with Crippen LogP contribution in [0.2, 0.25) is 0 Å². The first-order valence-corrected chi connectivity index (χ1v) is 9.63. The molecule has 4 atom stereocenters. The molecule has 0 saturated heterocycles. The second kappa shape index (κ2) is 13.7. The molecule has 0 aliphatic heterocycles. The molecule has 0 aromatic heterocycles. The van der Waals surface area contributed by atoms with Crippen molar-refractivity contribution in [1.82, 2.24) is 0 Å². The zero-order valence-electron chi connectivity index (χ0n) is 15.6. The van der Waals surface area contributed by atoms with Crippen LogP contribution in [-0.2, 0) is 20.7 Å². The molecule has 0 radical (unpaired) electrons. The van der Waals surface area contributed by atoms with Crippen molar-refractivity contribution in [3.63, 3.8) is 0 Å². The number of aldehydes is 2. The molecule has 25 heavy (non-hydrogen) atoms. The number of hydrogen-bond donors (Lipinski definition) is 1. The Morgan fingerprint density at radius 2 is 1.44 bits per heavy atom. The van der Waals surface area contributed by atoms with Gasteiger partial charge in [0.2, 0.25) is 0 Å².